The van der Waals surface area contributed by atoms with Gasteiger partial charge in [-0.05, 0) is 24.6 Å². The highest BCUT2D eigenvalue weighted by molar-refractivity contribution is 5.99. The van der Waals surface area contributed by atoms with Crippen LogP contribution in [0.5, 0.6) is 0 Å². The molecule has 0 fully saturated rings. The SMILES string of the molecule is CNc1c(F)cccc1C(=O)NCc1cccc(C)c1. The van der Waals surface area contributed by atoms with E-state index in [0.717, 1.165) is 11.1 Å². The molecule has 20 heavy (non-hydrogen) atoms. The fourth-order valence-corrected chi connectivity index (χ4v) is 2.07. The number of halogens is 1. The number of carbonyl (C=O) groups excluding carboxylic acids is 1. The molecule has 4 heteroatoms. The molecule has 0 radical (unpaired) electrons. The van der Waals surface area contributed by atoms with Crippen molar-refractivity contribution in [3.8, 4) is 0 Å². The number of hydrogen-bond acceptors (Lipinski definition) is 2. The summed E-state index contributed by atoms with van der Waals surface area (Å²) in [4.78, 5) is 12.1. The van der Waals surface area contributed by atoms with Crippen molar-refractivity contribution in [3.05, 3.63) is 65.0 Å². The molecule has 2 rings (SSSR count). The molecule has 0 heterocycles. The largest absolute Gasteiger partial charge is 0.385 e. The first kappa shape index (κ1) is 14.1. The highest BCUT2D eigenvalue weighted by atomic mass is 19.1. The molecule has 0 saturated heterocycles. The minimum Gasteiger partial charge on any atom is -0.385 e. The maximum Gasteiger partial charge on any atom is 0.253 e. The minimum atomic E-state index is -0.435. The molecule has 0 aliphatic rings. The van der Waals surface area contributed by atoms with Gasteiger partial charge >= 0.3 is 0 Å². The van der Waals surface area contributed by atoms with Crippen LogP contribution in [0.15, 0.2) is 42.5 Å². The van der Waals surface area contributed by atoms with E-state index in [9.17, 15) is 9.18 Å². The van der Waals surface area contributed by atoms with Crippen LogP contribution < -0.4 is 10.6 Å². The fraction of sp³-hybridized carbons (Fsp3) is 0.188. The highest BCUT2D eigenvalue weighted by Gasteiger charge is 2.13. The number of nitrogens with one attached hydrogen (secondary N) is 2. The molecule has 0 spiro atoms. The van der Waals surface area contributed by atoms with E-state index < -0.39 is 5.82 Å². The summed E-state index contributed by atoms with van der Waals surface area (Å²) in [7, 11) is 1.59. The number of aryl methyl sites for hydroxylation is 1. The average Bonchev–Trinajstić information content (AvgIpc) is 2.44. The van der Waals surface area contributed by atoms with Gasteiger partial charge in [-0.1, -0.05) is 35.9 Å². The van der Waals surface area contributed by atoms with Crippen molar-refractivity contribution in [2.75, 3.05) is 12.4 Å². The van der Waals surface area contributed by atoms with E-state index in [0.29, 0.717) is 12.1 Å². The third-order valence-corrected chi connectivity index (χ3v) is 3.04. The van der Waals surface area contributed by atoms with Crippen molar-refractivity contribution in [1.82, 2.24) is 5.32 Å². The first-order valence-electron chi connectivity index (χ1n) is 6.42. The lowest BCUT2D eigenvalue weighted by Gasteiger charge is -2.11. The second kappa shape index (κ2) is 6.19. The standard InChI is InChI=1S/C16H17FN2O/c1-11-5-3-6-12(9-11)10-19-16(20)13-7-4-8-14(17)15(13)18-2/h3-9,18H,10H2,1-2H3,(H,19,20). The molecule has 0 atom stereocenters. The molecule has 0 bridgehead atoms. The molecule has 104 valence electrons. The number of benzene rings is 2. The predicted octanol–water partition coefficient (Wildman–Crippen LogP) is 3.11. The van der Waals surface area contributed by atoms with E-state index in [-0.39, 0.29) is 11.6 Å². The molecular formula is C16H17FN2O. The lowest BCUT2D eigenvalue weighted by Crippen LogP contribution is -2.24. The fourth-order valence-electron chi connectivity index (χ4n) is 2.07. The molecule has 0 aliphatic heterocycles. The van der Waals surface area contributed by atoms with E-state index in [4.69, 9.17) is 0 Å². The Bertz CT molecular complexity index is 626. The van der Waals surface area contributed by atoms with Crippen LogP contribution in [0, 0.1) is 12.7 Å². The zero-order chi connectivity index (χ0) is 14.5. The molecule has 2 aromatic rings. The topological polar surface area (TPSA) is 41.1 Å². The smallest absolute Gasteiger partial charge is 0.253 e. The van der Waals surface area contributed by atoms with Gasteiger partial charge in [-0.2, -0.15) is 0 Å². The van der Waals surface area contributed by atoms with E-state index >= 15 is 0 Å². The number of hydrogen-bond donors (Lipinski definition) is 2. The summed E-state index contributed by atoms with van der Waals surface area (Å²) in [5, 5.41) is 5.52. The summed E-state index contributed by atoms with van der Waals surface area (Å²) in [5.74, 6) is -0.730. The predicted molar refractivity (Wildman–Crippen MR) is 78.3 cm³/mol. The summed E-state index contributed by atoms with van der Waals surface area (Å²) in [6.07, 6.45) is 0. The van der Waals surface area contributed by atoms with Crippen LogP contribution in [0.1, 0.15) is 21.5 Å². The van der Waals surface area contributed by atoms with Crippen LogP contribution in [0.4, 0.5) is 10.1 Å². The Morgan fingerprint density at radius 3 is 2.65 bits per heavy atom. The highest BCUT2D eigenvalue weighted by Crippen LogP contribution is 2.19. The van der Waals surface area contributed by atoms with E-state index in [1.54, 1.807) is 13.1 Å². The Morgan fingerprint density at radius 1 is 1.20 bits per heavy atom. The molecule has 0 aromatic heterocycles. The number of rotatable bonds is 4. The summed E-state index contributed by atoms with van der Waals surface area (Å²) in [6.45, 7) is 2.41. The van der Waals surface area contributed by atoms with E-state index in [1.165, 1.54) is 12.1 Å². The zero-order valence-corrected chi connectivity index (χ0v) is 11.5. The van der Waals surface area contributed by atoms with Crippen LogP contribution >= 0.6 is 0 Å². The van der Waals surface area contributed by atoms with Crippen molar-refractivity contribution < 1.29 is 9.18 Å². The molecule has 0 unspecified atom stereocenters. The lowest BCUT2D eigenvalue weighted by molar-refractivity contribution is 0.0951. The maximum absolute atomic E-state index is 13.6. The molecule has 0 saturated carbocycles. The summed E-state index contributed by atoms with van der Waals surface area (Å²) in [5.41, 5.74) is 2.67. The minimum absolute atomic E-state index is 0.217. The Kier molecular flexibility index (Phi) is 4.35. The third kappa shape index (κ3) is 3.15. The van der Waals surface area contributed by atoms with Crippen molar-refractivity contribution >= 4 is 11.6 Å². The van der Waals surface area contributed by atoms with Gasteiger partial charge in [-0.25, -0.2) is 4.39 Å². The molecule has 1 amide bonds. The second-order valence-electron chi connectivity index (χ2n) is 4.58. The second-order valence-corrected chi connectivity index (χ2v) is 4.58. The van der Waals surface area contributed by atoms with Crippen molar-refractivity contribution in [2.45, 2.75) is 13.5 Å². The quantitative estimate of drug-likeness (QED) is 0.898. The van der Waals surface area contributed by atoms with Crippen LogP contribution in [0.2, 0.25) is 0 Å². The van der Waals surface area contributed by atoms with Crippen molar-refractivity contribution in [1.29, 1.82) is 0 Å². The van der Waals surface area contributed by atoms with Gasteiger partial charge in [0, 0.05) is 13.6 Å². The average molecular weight is 272 g/mol. The van der Waals surface area contributed by atoms with Gasteiger partial charge in [0.15, 0.2) is 0 Å². The number of carbonyl (C=O) groups is 1. The Morgan fingerprint density at radius 2 is 1.95 bits per heavy atom. The Balaban J connectivity index is 2.11. The van der Waals surface area contributed by atoms with Gasteiger partial charge in [0.2, 0.25) is 0 Å². The van der Waals surface area contributed by atoms with E-state index in [2.05, 4.69) is 10.6 Å². The van der Waals surface area contributed by atoms with Crippen LogP contribution in [-0.4, -0.2) is 13.0 Å². The van der Waals surface area contributed by atoms with E-state index in [1.807, 2.05) is 31.2 Å². The molecular weight excluding hydrogens is 255 g/mol. The first-order valence-corrected chi connectivity index (χ1v) is 6.42. The van der Waals surface area contributed by atoms with Crippen molar-refractivity contribution in [3.63, 3.8) is 0 Å². The Hall–Kier alpha value is -2.36. The van der Waals surface area contributed by atoms with Crippen LogP contribution in [0.25, 0.3) is 0 Å². The van der Waals surface area contributed by atoms with Gasteiger partial charge < -0.3 is 10.6 Å². The maximum atomic E-state index is 13.6. The number of anilines is 1. The Labute approximate surface area is 117 Å². The summed E-state index contributed by atoms with van der Waals surface area (Å²) < 4.78 is 13.6. The lowest BCUT2D eigenvalue weighted by atomic mass is 10.1. The third-order valence-electron chi connectivity index (χ3n) is 3.04. The molecule has 2 N–H and O–H groups in total. The summed E-state index contributed by atoms with van der Waals surface area (Å²) in [6, 6.07) is 12.3. The first-order chi connectivity index (χ1) is 9.61. The van der Waals surface area contributed by atoms with Crippen LogP contribution in [-0.2, 0) is 6.54 Å². The molecule has 0 aliphatic carbocycles. The van der Waals surface area contributed by atoms with Gasteiger partial charge in [-0.15, -0.1) is 0 Å². The molecule has 3 nitrogen and oxygen atoms in total. The number of para-hydroxylation sites is 1. The normalized spacial score (nSPS) is 10.2. The van der Waals surface area contributed by atoms with Gasteiger partial charge in [0.05, 0.1) is 11.3 Å². The zero-order valence-electron chi connectivity index (χ0n) is 11.5. The number of amides is 1. The van der Waals surface area contributed by atoms with Gasteiger partial charge in [0.1, 0.15) is 5.82 Å². The van der Waals surface area contributed by atoms with Crippen LogP contribution in [0.3, 0.4) is 0 Å². The van der Waals surface area contributed by atoms with Gasteiger partial charge in [0.25, 0.3) is 5.91 Å². The molecule has 2 aromatic carbocycles. The summed E-state index contributed by atoms with van der Waals surface area (Å²) >= 11 is 0. The van der Waals surface area contributed by atoms with Crippen molar-refractivity contribution in [2.24, 2.45) is 0 Å². The van der Waals surface area contributed by atoms with Gasteiger partial charge in [-0.3, -0.25) is 4.79 Å². The monoisotopic (exact) mass is 272 g/mol.